The minimum Gasteiger partial charge on any atom is -0.465 e. The first kappa shape index (κ1) is 13.2. The van der Waals surface area contributed by atoms with Crippen molar-refractivity contribution in [3.63, 3.8) is 0 Å². The van der Waals surface area contributed by atoms with Gasteiger partial charge in [0.2, 0.25) is 5.91 Å². The Morgan fingerprint density at radius 1 is 1.30 bits per heavy atom. The highest BCUT2D eigenvalue weighted by molar-refractivity contribution is 6.16. The molecule has 2 aliphatic rings. The molecule has 0 saturated carbocycles. The van der Waals surface area contributed by atoms with Crippen LogP contribution in [-0.4, -0.2) is 25.0 Å². The normalized spacial score (nSPS) is 20.0. The van der Waals surface area contributed by atoms with Crippen LogP contribution < -0.4 is 4.90 Å². The SMILES string of the molecule is CCOC(=O)C1C(=O)N(CC)c2cc3c(cc21)CCC3. The topological polar surface area (TPSA) is 46.6 Å². The highest BCUT2D eigenvalue weighted by Crippen LogP contribution is 2.41. The van der Waals surface area contributed by atoms with E-state index in [9.17, 15) is 9.59 Å². The van der Waals surface area contributed by atoms with Crippen LogP contribution in [0.15, 0.2) is 12.1 Å². The van der Waals surface area contributed by atoms with Gasteiger partial charge in [0.25, 0.3) is 0 Å². The molecular formula is C16H19NO3. The molecule has 4 nitrogen and oxygen atoms in total. The lowest BCUT2D eigenvalue weighted by atomic mass is 9.97. The van der Waals surface area contributed by atoms with E-state index in [1.807, 2.05) is 13.0 Å². The second-order valence-corrected chi connectivity index (χ2v) is 5.30. The standard InChI is InChI=1S/C16H19NO3/c1-3-17-13-9-11-7-5-6-10(11)8-12(13)14(15(17)18)16(19)20-4-2/h8-9,14H,3-7H2,1-2H3. The number of rotatable bonds is 3. The number of aryl methyl sites for hydroxylation is 2. The minimum absolute atomic E-state index is 0.148. The molecule has 1 aliphatic carbocycles. The first-order valence-corrected chi connectivity index (χ1v) is 7.31. The molecule has 20 heavy (non-hydrogen) atoms. The molecule has 1 amide bonds. The summed E-state index contributed by atoms with van der Waals surface area (Å²) < 4.78 is 5.08. The Morgan fingerprint density at radius 3 is 2.65 bits per heavy atom. The molecule has 0 saturated heterocycles. The number of carbonyl (C=O) groups excluding carboxylic acids is 2. The molecular weight excluding hydrogens is 254 g/mol. The van der Waals surface area contributed by atoms with E-state index in [2.05, 4.69) is 6.07 Å². The molecule has 0 radical (unpaired) electrons. The van der Waals surface area contributed by atoms with Gasteiger partial charge in [0.15, 0.2) is 5.92 Å². The van der Waals surface area contributed by atoms with Crippen molar-refractivity contribution in [2.75, 3.05) is 18.1 Å². The van der Waals surface area contributed by atoms with Crippen molar-refractivity contribution < 1.29 is 14.3 Å². The van der Waals surface area contributed by atoms with Crippen LogP contribution in [0.2, 0.25) is 0 Å². The quantitative estimate of drug-likeness (QED) is 0.626. The smallest absolute Gasteiger partial charge is 0.323 e. The van der Waals surface area contributed by atoms with Crippen molar-refractivity contribution in [1.29, 1.82) is 0 Å². The van der Waals surface area contributed by atoms with Crippen LogP contribution in [0.5, 0.6) is 0 Å². The van der Waals surface area contributed by atoms with Gasteiger partial charge in [-0.25, -0.2) is 0 Å². The fourth-order valence-electron chi connectivity index (χ4n) is 3.28. The van der Waals surface area contributed by atoms with Gasteiger partial charge in [0, 0.05) is 12.2 Å². The summed E-state index contributed by atoms with van der Waals surface area (Å²) in [6.45, 7) is 4.58. The molecule has 1 atom stereocenters. The predicted octanol–water partition coefficient (Wildman–Crippen LogP) is 2.19. The van der Waals surface area contributed by atoms with Gasteiger partial charge in [-0.3, -0.25) is 9.59 Å². The number of carbonyl (C=O) groups is 2. The fourth-order valence-corrected chi connectivity index (χ4v) is 3.28. The molecule has 3 rings (SSSR count). The first-order valence-electron chi connectivity index (χ1n) is 7.31. The minimum atomic E-state index is -0.768. The maximum atomic E-state index is 12.5. The maximum Gasteiger partial charge on any atom is 0.323 e. The summed E-state index contributed by atoms with van der Waals surface area (Å²) in [5.74, 6) is -1.34. The molecule has 1 aromatic rings. The summed E-state index contributed by atoms with van der Waals surface area (Å²) in [5.41, 5.74) is 4.33. The van der Waals surface area contributed by atoms with Crippen molar-refractivity contribution in [3.8, 4) is 0 Å². The summed E-state index contributed by atoms with van der Waals surface area (Å²) in [5, 5.41) is 0. The number of ether oxygens (including phenoxy) is 1. The Bertz CT molecular complexity index is 579. The number of likely N-dealkylation sites (N-methyl/N-ethyl adjacent to an activating group) is 1. The average molecular weight is 273 g/mol. The summed E-state index contributed by atoms with van der Waals surface area (Å²) >= 11 is 0. The predicted molar refractivity (Wildman–Crippen MR) is 75.9 cm³/mol. The van der Waals surface area contributed by atoms with E-state index in [0.29, 0.717) is 13.2 Å². The van der Waals surface area contributed by atoms with Crippen molar-refractivity contribution in [2.45, 2.75) is 39.0 Å². The van der Waals surface area contributed by atoms with Crippen molar-refractivity contribution in [1.82, 2.24) is 0 Å². The lowest BCUT2D eigenvalue weighted by Gasteiger charge is -2.15. The summed E-state index contributed by atoms with van der Waals surface area (Å²) in [6, 6.07) is 4.14. The summed E-state index contributed by atoms with van der Waals surface area (Å²) in [6.07, 6.45) is 3.26. The second-order valence-electron chi connectivity index (χ2n) is 5.30. The lowest BCUT2D eigenvalue weighted by Crippen LogP contribution is -2.32. The van der Waals surface area contributed by atoms with Crippen LogP contribution in [0, 0.1) is 0 Å². The van der Waals surface area contributed by atoms with Gasteiger partial charge in [-0.1, -0.05) is 6.07 Å². The van der Waals surface area contributed by atoms with Gasteiger partial charge in [0.1, 0.15) is 0 Å². The van der Waals surface area contributed by atoms with Crippen LogP contribution in [0.3, 0.4) is 0 Å². The van der Waals surface area contributed by atoms with Gasteiger partial charge < -0.3 is 9.64 Å². The highest BCUT2D eigenvalue weighted by atomic mass is 16.5. The number of anilines is 1. The molecule has 1 aromatic carbocycles. The molecule has 0 aromatic heterocycles. The molecule has 0 bridgehead atoms. The molecule has 1 aliphatic heterocycles. The summed E-state index contributed by atoms with van der Waals surface area (Å²) in [4.78, 5) is 26.3. The van der Waals surface area contributed by atoms with E-state index in [4.69, 9.17) is 4.74 Å². The van der Waals surface area contributed by atoms with Crippen molar-refractivity contribution in [3.05, 3.63) is 28.8 Å². The molecule has 4 heteroatoms. The van der Waals surface area contributed by atoms with Gasteiger partial charge in [0.05, 0.1) is 6.61 Å². The van der Waals surface area contributed by atoms with Crippen LogP contribution >= 0.6 is 0 Å². The Kier molecular flexibility index (Phi) is 3.24. The molecule has 0 spiro atoms. The van der Waals surface area contributed by atoms with E-state index >= 15 is 0 Å². The number of nitrogens with zero attached hydrogens (tertiary/aromatic N) is 1. The number of amides is 1. The third-order valence-corrected chi connectivity index (χ3v) is 4.19. The average Bonchev–Trinajstić information content (AvgIpc) is 2.97. The molecule has 0 fully saturated rings. The van der Waals surface area contributed by atoms with Gasteiger partial charge in [-0.05, 0) is 55.9 Å². The van der Waals surface area contributed by atoms with Gasteiger partial charge in [-0.15, -0.1) is 0 Å². The van der Waals surface area contributed by atoms with E-state index in [1.165, 1.54) is 11.1 Å². The maximum absolute atomic E-state index is 12.5. The molecule has 1 unspecified atom stereocenters. The molecule has 106 valence electrons. The van der Waals surface area contributed by atoms with Crippen LogP contribution in [0.25, 0.3) is 0 Å². The number of fused-ring (bicyclic) bond motifs is 2. The Morgan fingerprint density at radius 2 is 2.00 bits per heavy atom. The summed E-state index contributed by atoms with van der Waals surface area (Å²) in [7, 11) is 0. The number of esters is 1. The van der Waals surface area contributed by atoms with E-state index in [0.717, 1.165) is 30.5 Å². The zero-order valence-corrected chi connectivity index (χ0v) is 11.9. The monoisotopic (exact) mass is 273 g/mol. The second kappa shape index (κ2) is 4.93. The van der Waals surface area contributed by atoms with Gasteiger partial charge in [-0.2, -0.15) is 0 Å². The highest BCUT2D eigenvalue weighted by Gasteiger charge is 2.43. The Hall–Kier alpha value is -1.84. The Labute approximate surface area is 118 Å². The van der Waals surface area contributed by atoms with E-state index < -0.39 is 11.9 Å². The van der Waals surface area contributed by atoms with Gasteiger partial charge >= 0.3 is 5.97 Å². The third-order valence-electron chi connectivity index (χ3n) is 4.19. The Balaban J connectivity index is 2.08. The number of benzene rings is 1. The molecule has 1 heterocycles. The zero-order chi connectivity index (χ0) is 14.3. The van der Waals surface area contributed by atoms with Crippen LogP contribution in [0.1, 0.15) is 42.9 Å². The largest absolute Gasteiger partial charge is 0.465 e. The van der Waals surface area contributed by atoms with E-state index in [-0.39, 0.29) is 5.91 Å². The van der Waals surface area contributed by atoms with Crippen LogP contribution in [-0.2, 0) is 27.2 Å². The van der Waals surface area contributed by atoms with E-state index in [1.54, 1.807) is 11.8 Å². The number of hydrogen-bond donors (Lipinski definition) is 0. The number of hydrogen-bond acceptors (Lipinski definition) is 3. The zero-order valence-electron chi connectivity index (χ0n) is 11.9. The lowest BCUT2D eigenvalue weighted by molar-refractivity contribution is -0.147. The van der Waals surface area contributed by atoms with Crippen molar-refractivity contribution in [2.24, 2.45) is 0 Å². The third kappa shape index (κ3) is 1.82. The first-order chi connectivity index (χ1) is 9.67. The van der Waals surface area contributed by atoms with Crippen molar-refractivity contribution >= 4 is 17.6 Å². The molecule has 0 N–H and O–H groups in total. The fraction of sp³-hybridized carbons (Fsp3) is 0.500. The van der Waals surface area contributed by atoms with Crippen LogP contribution in [0.4, 0.5) is 5.69 Å².